The number of benzene rings is 2. The van der Waals surface area contributed by atoms with Gasteiger partial charge in [-0.15, -0.1) is 0 Å². The molecule has 0 aliphatic heterocycles. The van der Waals surface area contributed by atoms with Crippen LogP contribution in [0.25, 0.3) is 0 Å². The molecule has 0 heterocycles. The molecule has 2 aromatic rings. The van der Waals surface area contributed by atoms with Crippen LogP contribution in [0.1, 0.15) is 17.0 Å². The standard InChI is InChI=1S/C16H16N2O4/c1-22-14-9-7-13(8-10-14)15(12-5-3-2-4-6-12)16(17-11-19)18(20)21/h2-11,15-16H,1H3,(H,17,19). The summed E-state index contributed by atoms with van der Waals surface area (Å²) in [7, 11) is 1.55. The van der Waals surface area contributed by atoms with Crippen LogP contribution in [-0.4, -0.2) is 24.6 Å². The van der Waals surface area contributed by atoms with Crippen LogP contribution in [0.5, 0.6) is 5.75 Å². The molecule has 1 amide bonds. The fourth-order valence-corrected chi connectivity index (χ4v) is 2.38. The number of nitrogens with one attached hydrogen (secondary N) is 1. The Hall–Kier alpha value is -2.89. The van der Waals surface area contributed by atoms with Gasteiger partial charge in [-0.25, -0.2) is 0 Å². The average molecular weight is 300 g/mol. The van der Waals surface area contributed by atoms with Crippen LogP contribution in [0.15, 0.2) is 54.6 Å². The lowest BCUT2D eigenvalue weighted by atomic mass is 9.88. The maximum Gasteiger partial charge on any atom is 0.297 e. The Morgan fingerprint density at radius 1 is 1.09 bits per heavy atom. The molecule has 0 aromatic heterocycles. The maximum atomic E-state index is 11.4. The molecule has 0 spiro atoms. The first kappa shape index (κ1) is 15.5. The van der Waals surface area contributed by atoms with Crippen LogP contribution in [0.4, 0.5) is 0 Å². The molecule has 2 atom stereocenters. The van der Waals surface area contributed by atoms with E-state index in [1.54, 1.807) is 43.5 Å². The summed E-state index contributed by atoms with van der Waals surface area (Å²) in [5, 5.41) is 13.7. The van der Waals surface area contributed by atoms with Gasteiger partial charge in [0.2, 0.25) is 6.41 Å². The van der Waals surface area contributed by atoms with Crippen LogP contribution in [0, 0.1) is 10.1 Å². The Morgan fingerprint density at radius 2 is 1.68 bits per heavy atom. The smallest absolute Gasteiger partial charge is 0.297 e. The van der Waals surface area contributed by atoms with Crippen molar-refractivity contribution in [1.29, 1.82) is 0 Å². The minimum Gasteiger partial charge on any atom is -0.497 e. The number of carbonyl (C=O) groups excluding carboxylic acids is 1. The number of ether oxygens (including phenoxy) is 1. The van der Waals surface area contributed by atoms with Crippen molar-refractivity contribution in [2.75, 3.05) is 7.11 Å². The van der Waals surface area contributed by atoms with E-state index in [4.69, 9.17) is 4.74 Å². The van der Waals surface area contributed by atoms with Gasteiger partial charge in [-0.2, -0.15) is 0 Å². The minimum absolute atomic E-state index is 0.354. The summed E-state index contributed by atoms with van der Waals surface area (Å²) in [5.41, 5.74) is 1.48. The summed E-state index contributed by atoms with van der Waals surface area (Å²) in [6, 6.07) is 16.1. The first-order chi connectivity index (χ1) is 10.7. The van der Waals surface area contributed by atoms with E-state index in [1.165, 1.54) is 0 Å². The van der Waals surface area contributed by atoms with Crippen LogP contribution >= 0.6 is 0 Å². The fraction of sp³-hybridized carbons (Fsp3) is 0.188. The fourth-order valence-electron chi connectivity index (χ4n) is 2.38. The molecule has 0 aliphatic rings. The summed E-state index contributed by atoms with van der Waals surface area (Å²) in [6.45, 7) is 0. The van der Waals surface area contributed by atoms with Crippen LogP contribution in [0.3, 0.4) is 0 Å². The van der Waals surface area contributed by atoms with Gasteiger partial charge in [0.05, 0.1) is 13.0 Å². The van der Waals surface area contributed by atoms with Crippen LogP contribution in [0.2, 0.25) is 0 Å². The van der Waals surface area contributed by atoms with E-state index in [9.17, 15) is 14.9 Å². The largest absolute Gasteiger partial charge is 0.497 e. The highest BCUT2D eigenvalue weighted by Gasteiger charge is 2.33. The quantitative estimate of drug-likeness (QED) is 0.368. The third kappa shape index (κ3) is 3.41. The number of carbonyl (C=O) groups is 1. The van der Waals surface area contributed by atoms with E-state index < -0.39 is 17.0 Å². The Balaban J connectivity index is 2.48. The van der Waals surface area contributed by atoms with Gasteiger partial charge < -0.3 is 4.74 Å². The topological polar surface area (TPSA) is 81.5 Å². The number of nitrogens with zero attached hydrogens (tertiary/aromatic N) is 1. The molecule has 1 N–H and O–H groups in total. The second-order valence-corrected chi connectivity index (χ2v) is 4.68. The zero-order valence-electron chi connectivity index (χ0n) is 12.0. The monoisotopic (exact) mass is 300 g/mol. The summed E-state index contributed by atoms with van der Waals surface area (Å²) in [4.78, 5) is 21.6. The highest BCUT2D eigenvalue weighted by molar-refractivity contribution is 5.48. The molecule has 2 unspecified atom stereocenters. The molecule has 0 bridgehead atoms. The van der Waals surface area contributed by atoms with Gasteiger partial charge >= 0.3 is 0 Å². The van der Waals surface area contributed by atoms with Crippen LogP contribution in [-0.2, 0) is 4.79 Å². The van der Waals surface area contributed by atoms with Gasteiger partial charge in [-0.05, 0) is 23.3 Å². The molecule has 0 aliphatic carbocycles. The van der Waals surface area contributed by atoms with Crippen molar-refractivity contribution in [2.24, 2.45) is 0 Å². The van der Waals surface area contributed by atoms with Crippen molar-refractivity contribution in [3.8, 4) is 5.75 Å². The highest BCUT2D eigenvalue weighted by Crippen LogP contribution is 2.29. The number of methoxy groups -OCH3 is 1. The van der Waals surface area contributed by atoms with Crippen molar-refractivity contribution in [2.45, 2.75) is 12.1 Å². The second kappa shape index (κ2) is 7.21. The lowest BCUT2D eigenvalue weighted by molar-refractivity contribution is -0.529. The molecule has 0 radical (unpaired) electrons. The maximum absolute atomic E-state index is 11.4. The van der Waals surface area contributed by atoms with E-state index in [1.807, 2.05) is 18.2 Å². The van der Waals surface area contributed by atoms with Gasteiger partial charge in [-0.1, -0.05) is 42.5 Å². The van der Waals surface area contributed by atoms with Crippen molar-refractivity contribution in [3.05, 3.63) is 75.8 Å². The Labute approximate surface area is 127 Å². The number of hydrogen-bond donors (Lipinski definition) is 1. The lowest BCUT2D eigenvalue weighted by Crippen LogP contribution is -2.41. The van der Waals surface area contributed by atoms with Gasteiger partial charge in [0, 0.05) is 4.92 Å². The molecule has 2 aromatic carbocycles. The van der Waals surface area contributed by atoms with E-state index in [-0.39, 0.29) is 0 Å². The van der Waals surface area contributed by atoms with Gasteiger partial charge in [0.25, 0.3) is 6.17 Å². The molecule has 6 heteroatoms. The molecule has 6 nitrogen and oxygen atoms in total. The molecule has 2 rings (SSSR count). The molecule has 114 valence electrons. The van der Waals surface area contributed by atoms with E-state index in [0.717, 1.165) is 11.1 Å². The summed E-state index contributed by atoms with van der Waals surface area (Å²) < 4.78 is 5.10. The summed E-state index contributed by atoms with van der Waals surface area (Å²) in [6.07, 6.45) is -0.888. The number of nitro groups is 1. The van der Waals surface area contributed by atoms with Crippen molar-refractivity contribution in [1.82, 2.24) is 5.32 Å². The molecule has 22 heavy (non-hydrogen) atoms. The minimum atomic E-state index is -1.24. The Bertz CT molecular complexity index is 628. The number of amides is 1. The SMILES string of the molecule is COc1ccc(C(c2ccccc2)C(NC=O)[N+](=O)[O-])cc1. The third-order valence-corrected chi connectivity index (χ3v) is 3.42. The van der Waals surface area contributed by atoms with Crippen molar-refractivity contribution in [3.63, 3.8) is 0 Å². The zero-order valence-corrected chi connectivity index (χ0v) is 12.0. The predicted octanol–water partition coefficient (Wildman–Crippen LogP) is 2.18. The average Bonchev–Trinajstić information content (AvgIpc) is 2.56. The van der Waals surface area contributed by atoms with Gasteiger partial charge in [-0.3, -0.25) is 20.2 Å². The number of hydrogen-bond acceptors (Lipinski definition) is 4. The second-order valence-electron chi connectivity index (χ2n) is 4.68. The van der Waals surface area contributed by atoms with Crippen LogP contribution < -0.4 is 10.1 Å². The molecule has 0 saturated heterocycles. The Kier molecular flexibility index (Phi) is 5.08. The summed E-state index contributed by atoms with van der Waals surface area (Å²) >= 11 is 0. The van der Waals surface area contributed by atoms with E-state index in [2.05, 4.69) is 5.32 Å². The normalized spacial score (nSPS) is 13.0. The predicted molar refractivity (Wildman–Crippen MR) is 81.3 cm³/mol. The van der Waals surface area contributed by atoms with Gasteiger partial charge in [0.15, 0.2) is 0 Å². The lowest BCUT2D eigenvalue weighted by Gasteiger charge is -2.21. The highest BCUT2D eigenvalue weighted by atomic mass is 16.6. The first-order valence-electron chi connectivity index (χ1n) is 6.69. The van der Waals surface area contributed by atoms with Crippen molar-refractivity contribution >= 4 is 6.41 Å². The molecular formula is C16H16N2O4. The summed E-state index contributed by atoms with van der Waals surface area (Å²) in [5.74, 6) is 0.0730. The Morgan fingerprint density at radius 3 is 2.18 bits per heavy atom. The molecule has 0 saturated carbocycles. The van der Waals surface area contributed by atoms with E-state index in [0.29, 0.717) is 12.2 Å². The van der Waals surface area contributed by atoms with Gasteiger partial charge in [0.1, 0.15) is 5.75 Å². The van der Waals surface area contributed by atoms with Crippen molar-refractivity contribution < 1.29 is 14.5 Å². The zero-order chi connectivity index (χ0) is 15.9. The molecular weight excluding hydrogens is 284 g/mol. The number of rotatable bonds is 7. The third-order valence-electron chi connectivity index (χ3n) is 3.42. The molecule has 0 fully saturated rings. The first-order valence-corrected chi connectivity index (χ1v) is 6.69. The van der Waals surface area contributed by atoms with E-state index >= 15 is 0 Å².